The Balaban J connectivity index is 1.78. The highest BCUT2D eigenvalue weighted by Crippen LogP contribution is 2.21. The molecule has 9 heteroatoms. The van der Waals surface area contributed by atoms with Gasteiger partial charge in [0.25, 0.3) is 5.56 Å². The fourth-order valence-electron chi connectivity index (χ4n) is 3.06. The summed E-state index contributed by atoms with van der Waals surface area (Å²) in [6.45, 7) is 2.66. The molecule has 0 unspecified atom stereocenters. The zero-order valence-corrected chi connectivity index (χ0v) is 18.4. The molecule has 0 saturated heterocycles. The van der Waals surface area contributed by atoms with E-state index in [-0.39, 0.29) is 17.3 Å². The third kappa shape index (κ3) is 6.78. The molecule has 0 aliphatic carbocycles. The van der Waals surface area contributed by atoms with E-state index < -0.39 is 0 Å². The first-order valence-corrected chi connectivity index (χ1v) is 11.0. The summed E-state index contributed by atoms with van der Waals surface area (Å²) in [4.78, 5) is 28.6. The highest BCUT2D eigenvalue weighted by atomic mass is 32.2. The molecule has 0 fully saturated rings. The molecule has 0 aliphatic rings. The number of carbonyl (C=O) groups is 1. The highest BCUT2D eigenvalue weighted by Gasteiger charge is 2.12. The number of benzene rings is 1. The summed E-state index contributed by atoms with van der Waals surface area (Å²) in [6.07, 6.45) is 6.68. The summed E-state index contributed by atoms with van der Waals surface area (Å²) in [5.74, 6) is 0.0159. The Kier molecular flexibility index (Phi) is 8.00. The fraction of sp³-hybridized carbons (Fsp3) is 0.364. The van der Waals surface area contributed by atoms with E-state index in [1.54, 1.807) is 36.1 Å². The second-order valence-corrected chi connectivity index (χ2v) is 8.01. The first-order chi connectivity index (χ1) is 14.9. The molecule has 2 heterocycles. The maximum atomic E-state index is 13.1. The van der Waals surface area contributed by atoms with E-state index >= 15 is 0 Å². The lowest BCUT2D eigenvalue weighted by molar-refractivity contribution is -0.143. The van der Waals surface area contributed by atoms with Crippen molar-refractivity contribution in [2.24, 2.45) is 7.05 Å². The highest BCUT2D eigenvalue weighted by molar-refractivity contribution is 7.98. The van der Waals surface area contributed by atoms with Gasteiger partial charge in [0.15, 0.2) is 5.16 Å². The van der Waals surface area contributed by atoms with Crippen molar-refractivity contribution < 1.29 is 13.9 Å². The zero-order valence-electron chi connectivity index (χ0n) is 17.6. The third-order valence-corrected chi connectivity index (χ3v) is 5.61. The molecule has 0 atom stereocenters. The van der Waals surface area contributed by atoms with Gasteiger partial charge in [0, 0.05) is 50.1 Å². The number of halogens is 1. The average molecular weight is 445 g/mol. The van der Waals surface area contributed by atoms with Crippen molar-refractivity contribution in [3.05, 3.63) is 75.7 Å². The quantitative estimate of drug-likeness (QED) is 0.271. The van der Waals surface area contributed by atoms with E-state index in [4.69, 9.17) is 4.74 Å². The third-order valence-electron chi connectivity index (χ3n) is 4.55. The number of esters is 1. The summed E-state index contributed by atoms with van der Waals surface area (Å²) < 4.78 is 21.7. The largest absolute Gasteiger partial charge is 0.466 e. The van der Waals surface area contributed by atoms with Crippen LogP contribution in [0.2, 0.25) is 0 Å². The van der Waals surface area contributed by atoms with Gasteiger partial charge in [-0.15, -0.1) is 0 Å². The molecule has 2 aromatic heterocycles. The predicted octanol–water partition coefficient (Wildman–Crippen LogP) is 3.34. The molecule has 3 rings (SSSR count). The molecule has 0 spiro atoms. The minimum atomic E-state index is -0.289. The van der Waals surface area contributed by atoms with Gasteiger partial charge < -0.3 is 9.30 Å². The number of thioether (sulfide) groups is 1. The average Bonchev–Trinajstić information content (AvgIpc) is 3.15. The van der Waals surface area contributed by atoms with Crippen LogP contribution in [-0.2, 0) is 35.3 Å². The van der Waals surface area contributed by atoms with E-state index in [2.05, 4.69) is 10.1 Å². The van der Waals surface area contributed by atoms with Crippen molar-refractivity contribution in [3.63, 3.8) is 0 Å². The van der Waals surface area contributed by atoms with Gasteiger partial charge in [-0.3, -0.25) is 14.3 Å². The monoisotopic (exact) mass is 444 g/mol. The van der Waals surface area contributed by atoms with Gasteiger partial charge in [-0.2, -0.15) is 10.1 Å². The Morgan fingerprint density at radius 1 is 1.19 bits per heavy atom. The van der Waals surface area contributed by atoms with Gasteiger partial charge in [0.05, 0.1) is 12.8 Å². The Bertz CT molecular complexity index is 1080. The molecule has 0 amide bonds. The van der Waals surface area contributed by atoms with Crippen LogP contribution in [0.1, 0.15) is 36.5 Å². The second-order valence-electron chi connectivity index (χ2n) is 7.07. The van der Waals surface area contributed by atoms with Gasteiger partial charge in [-0.05, 0) is 36.6 Å². The Labute approximate surface area is 184 Å². The number of aromatic nitrogens is 4. The molecule has 164 valence electrons. The standard InChI is InChI=1S/C22H25FN4O3S/c1-3-30-20(28)5-4-10-27-14-18(11-17-12-24-26(2)13-17)21(29)25-22(27)31-15-16-6-8-19(23)9-7-16/h6-9,12-14H,3-5,10-11,15H2,1-2H3. The van der Waals surface area contributed by atoms with Gasteiger partial charge in [-0.1, -0.05) is 23.9 Å². The summed E-state index contributed by atoms with van der Waals surface area (Å²) in [5, 5.41) is 4.71. The van der Waals surface area contributed by atoms with Crippen LogP contribution in [0.25, 0.3) is 0 Å². The van der Waals surface area contributed by atoms with Crippen molar-refractivity contribution in [1.29, 1.82) is 0 Å². The van der Waals surface area contributed by atoms with E-state index in [1.807, 2.05) is 17.8 Å². The molecule has 31 heavy (non-hydrogen) atoms. The number of rotatable bonds is 10. The number of hydrogen-bond donors (Lipinski definition) is 0. The normalized spacial score (nSPS) is 10.9. The lowest BCUT2D eigenvalue weighted by Gasteiger charge is -2.14. The molecule has 7 nitrogen and oxygen atoms in total. The minimum Gasteiger partial charge on any atom is -0.466 e. The molecule has 0 aliphatic heterocycles. The van der Waals surface area contributed by atoms with Crippen LogP contribution in [-0.4, -0.2) is 31.9 Å². The lowest BCUT2D eigenvalue weighted by Crippen LogP contribution is -2.20. The lowest BCUT2D eigenvalue weighted by atomic mass is 10.1. The number of aryl methyl sites for hydroxylation is 2. The van der Waals surface area contributed by atoms with Crippen molar-refractivity contribution in [1.82, 2.24) is 19.3 Å². The topological polar surface area (TPSA) is 79.0 Å². The van der Waals surface area contributed by atoms with Crippen molar-refractivity contribution in [3.8, 4) is 0 Å². The molecule has 0 saturated carbocycles. The Morgan fingerprint density at radius 2 is 1.97 bits per heavy atom. The summed E-state index contributed by atoms with van der Waals surface area (Å²) in [5.41, 5.74) is 2.13. The first kappa shape index (κ1) is 22.7. The second kappa shape index (κ2) is 10.9. The van der Waals surface area contributed by atoms with Crippen LogP contribution in [0.4, 0.5) is 4.39 Å². The smallest absolute Gasteiger partial charge is 0.305 e. The number of carbonyl (C=O) groups excluding carboxylic acids is 1. The molecule has 0 N–H and O–H groups in total. The van der Waals surface area contributed by atoms with Crippen molar-refractivity contribution in [2.75, 3.05) is 6.61 Å². The predicted molar refractivity (Wildman–Crippen MR) is 116 cm³/mol. The summed E-state index contributed by atoms with van der Waals surface area (Å²) >= 11 is 1.41. The number of nitrogens with zero attached hydrogens (tertiary/aromatic N) is 4. The maximum Gasteiger partial charge on any atom is 0.305 e. The molecule has 0 radical (unpaired) electrons. The Hall–Kier alpha value is -2.94. The van der Waals surface area contributed by atoms with Crippen LogP contribution in [0.15, 0.2) is 52.8 Å². The van der Waals surface area contributed by atoms with Gasteiger partial charge >= 0.3 is 5.97 Å². The minimum absolute atomic E-state index is 0.243. The van der Waals surface area contributed by atoms with Crippen molar-refractivity contribution >= 4 is 17.7 Å². The summed E-state index contributed by atoms with van der Waals surface area (Å²) in [7, 11) is 1.82. The van der Waals surface area contributed by atoms with Gasteiger partial charge in [0.2, 0.25) is 0 Å². The van der Waals surface area contributed by atoms with E-state index in [0.29, 0.717) is 48.9 Å². The van der Waals surface area contributed by atoms with Crippen LogP contribution in [0.5, 0.6) is 0 Å². The van der Waals surface area contributed by atoms with Gasteiger partial charge in [0.1, 0.15) is 5.82 Å². The van der Waals surface area contributed by atoms with E-state index in [0.717, 1.165) is 11.1 Å². The molecule has 3 aromatic rings. The molecule has 1 aromatic carbocycles. The zero-order chi connectivity index (χ0) is 22.2. The number of ether oxygens (including phenoxy) is 1. The van der Waals surface area contributed by atoms with Gasteiger partial charge in [-0.25, -0.2) is 4.39 Å². The van der Waals surface area contributed by atoms with E-state index in [9.17, 15) is 14.0 Å². The molecular weight excluding hydrogens is 419 g/mol. The maximum absolute atomic E-state index is 13.1. The van der Waals surface area contributed by atoms with Crippen LogP contribution < -0.4 is 5.56 Å². The van der Waals surface area contributed by atoms with Crippen LogP contribution in [0, 0.1) is 5.82 Å². The SMILES string of the molecule is CCOC(=O)CCCn1cc(Cc2cnn(C)c2)c(=O)nc1SCc1ccc(F)cc1. The van der Waals surface area contributed by atoms with Crippen LogP contribution >= 0.6 is 11.8 Å². The first-order valence-electron chi connectivity index (χ1n) is 10.1. The van der Waals surface area contributed by atoms with Crippen molar-refractivity contribution in [2.45, 2.75) is 43.6 Å². The fourth-order valence-corrected chi connectivity index (χ4v) is 4.00. The number of hydrogen-bond acceptors (Lipinski definition) is 6. The molecule has 0 bridgehead atoms. The molecular formula is C22H25FN4O3S. The van der Waals surface area contributed by atoms with Crippen LogP contribution in [0.3, 0.4) is 0 Å². The Morgan fingerprint density at radius 3 is 2.65 bits per heavy atom. The summed E-state index contributed by atoms with van der Waals surface area (Å²) in [6, 6.07) is 6.24. The van der Waals surface area contributed by atoms with E-state index in [1.165, 1.54) is 23.9 Å².